The molecule has 1 fully saturated rings. The van der Waals surface area contributed by atoms with Crippen LogP contribution in [0.2, 0.25) is 0 Å². The first-order chi connectivity index (χ1) is 8.09. The van der Waals surface area contributed by atoms with Crippen molar-refractivity contribution in [2.75, 3.05) is 26.2 Å². The van der Waals surface area contributed by atoms with Gasteiger partial charge in [-0.1, -0.05) is 20.3 Å². The van der Waals surface area contributed by atoms with Crippen LogP contribution in [-0.2, 0) is 4.79 Å². The van der Waals surface area contributed by atoms with Gasteiger partial charge in [0.15, 0.2) is 0 Å². The number of carbonyl (C=O) groups is 1. The quantitative estimate of drug-likeness (QED) is 0.728. The van der Waals surface area contributed by atoms with Gasteiger partial charge in [-0.05, 0) is 38.3 Å². The zero-order valence-electron chi connectivity index (χ0n) is 11.2. The van der Waals surface area contributed by atoms with E-state index >= 15 is 0 Å². The number of nitrogens with one attached hydrogen (secondary N) is 1. The molecule has 1 rings (SSSR count). The Hall–Kier alpha value is -0.610. The number of hydrogen-bond donors (Lipinski definition) is 2. The SMILES string of the molecule is CC(C)C[C@@H](N)C(=O)NCCN1CCCCC1. The molecule has 0 radical (unpaired) electrons. The Morgan fingerprint density at radius 3 is 2.53 bits per heavy atom. The smallest absolute Gasteiger partial charge is 0.236 e. The number of amides is 1. The molecule has 0 aromatic rings. The molecule has 17 heavy (non-hydrogen) atoms. The summed E-state index contributed by atoms with van der Waals surface area (Å²) in [6.45, 7) is 8.20. The number of hydrogen-bond acceptors (Lipinski definition) is 3. The minimum absolute atomic E-state index is 0.00397. The highest BCUT2D eigenvalue weighted by Gasteiger charge is 2.15. The van der Waals surface area contributed by atoms with Gasteiger partial charge in [-0.2, -0.15) is 0 Å². The molecule has 1 atom stereocenters. The number of nitrogens with zero attached hydrogens (tertiary/aromatic N) is 1. The summed E-state index contributed by atoms with van der Waals surface area (Å²) in [5.41, 5.74) is 5.81. The van der Waals surface area contributed by atoms with Gasteiger partial charge >= 0.3 is 0 Å². The molecule has 1 heterocycles. The number of likely N-dealkylation sites (tertiary alicyclic amines) is 1. The van der Waals surface area contributed by atoms with Crippen LogP contribution in [0.5, 0.6) is 0 Å². The van der Waals surface area contributed by atoms with Crippen molar-refractivity contribution in [3.8, 4) is 0 Å². The van der Waals surface area contributed by atoms with Gasteiger partial charge in [0.1, 0.15) is 0 Å². The molecule has 0 aromatic carbocycles. The van der Waals surface area contributed by atoms with Crippen molar-refractivity contribution in [2.24, 2.45) is 11.7 Å². The van der Waals surface area contributed by atoms with Crippen molar-refractivity contribution < 1.29 is 4.79 Å². The van der Waals surface area contributed by atoms with Crippen LogP contribution >= 0.6 is 0 Å². The Balaban J connectivity index is 2.10. The lowest BCUT2D eigenvalue weighted by Gasteiger charge is -2.26. The van der Waals surface area contributed by atoms with Crippen LogP contribution in [0.15, 0.2) is 0 Å². The summed E-state index contributed by atoms with van der Waals surface area (Å²) in [6, 6.07) is -0.351. The molecule has 0 unspecified atom stereocenters. The average molecular weight is 241 g/mol. The summed E-state index contributed by atoms with van der Waals surface area (Å²) in [4.78, 5) is 14.1. The monoisotopic (exact) mass is 241 g/mol. The van der Waals surface area contributed by atoms with Gasteiger partial charge in [-0.3, -0.25) is 4.79 Å². The zero-order valence-corrected chi connectivity index (χ0v) is 11.2. The minimum atomic E-state index is -0.351. The maximum Gasteiger partial charge on any atom is 0.236 e. The van der Waals surface area contributed by atoms with E-state index in [2.05, 4.69) is 24.1 Å². The lowest BCUT2D eigenvalue weighted by atomic mass is 10.0. The molecule has 3 N–H and O–H groups in total. The molecule has 0 aliphatic carbocycles. The molecule has 4 heteroatoms. The molecule has 1 saturated heterocycles. The summed E-state index contributed by atoms with van der Waals surface area (Å²) < 4.78 is 0. The summed E-state index contributed by atoms with van der Waals surface area (Å²) in [5.74, 6) is 0.466. The molecular formula is C13H27N3O. The fourth-order valence-electron chi connectivity index (χ4n) is 2.27. The Bertz CT molecular complexity index is 225. The first kappa shape index (κ1) is 14.5. The van der Waals surface area contributed by atoms with E-state index in [-0.39, 0.29) is 11.9 Å². The molecular weight excluding hydrogens is 214 g/mol. The van der Waals surface area contributed by atoms with Crippen LogP contribution in [0.3, 0.4) is 0 Å². The third-order valence-corrected chi connectivity index (χ3v) is 3.24. The highest BCUT2D eigenvalue weighted by Crippen LogP contribution is 2.07. The van der Waals surface area contributed by atoms with Crippen LogP contribution in [0.4, 0.5) is 0 Å². The van der Waals surface area contributed by atoms with Crippen LogP contribution < -0.4 is 11.1 Å². The normalized spacial score (nSPS) is 19.3. The van der Waals surface area contributed by atoms with E-state index in [0.29, 0.717) is 5.92 Å². The second-order valence-electron chi connectivity index (χ2n) is 5.43. The molecule has 4 nitrogen and oxygen atoms in total. The van der Waals surface area contributed by atoms with Gasteiger partial charge in [0.05, 0.1) is 6.04 Å². The third kappa shape index (κ3) is 6.03. The van der Waals surface area contributed by atoms with E-state index in [1.165, 1.54) is 32.4 Å². The predicted octanol–water partition coefficient (Wildman–Crippen LogP) is 0.962. The maximum absolute atomic E-state index is 11.7. The highest BCUT2D eigenvalue weighted by atomic mass is 16.2. The van der Waals surface area contributed by atoms with E-state index in [0.717, 1.165) is 19.5 Å². The van der Waals surface area contributed by atoms with Crippen molar-refractivity contribution in [1.82, 2.24) is 10.2 Å². The van der Waals surface area contributed by atoms with Gasteiger partial charge < -0.3 is 16.0 Å². The Morgan fingerprint density at radius 1 is 1.29 bits per heavy atom. The second kappa shape index (κ2) is 7.67. The Kier molecular flexibility index (Phi) is 6.52. The first-order valence-electron chi connectivity index (χ1n) is 6.85. The maximum atomic E-state index is 11.7. The van der Waals surface area contributed by atoms with Crippen molar-refractivity contribution in [2.45, 2.75) is 45.6 Å². The largest absolute Gasteiger partial charge is 0.353 e. The predicted molar refractivity (Wildman–Crippen MR) is 70.7 cm³/mol. The summed E-state index contributed by atoms with van der Waals surface area (Å²) in [5, 5.41) is 2.93. The average Bonchev–Trinajstić information content (AvgIpc) is 2.29. The van der Waals surface area contributed by atoms with Crippen molar-refractivity contribution in [1.29, 1.82) is 0 Å². The lowest BCUT2D eigenvalue weighted by Crippen LogP contribution is -2.44. The summed E-state index contributed by atoms with van der Waals surface area (Å²) in [6.07, 6.45) is 4.69. The topological polar surface area (TPSA) is 58.4 Å². The van der Waals surface area contributed by atoms with E-state index in [1.807, 2.05) is 0 Å². The molecule has 0 saturated carbocycles. The Morgan fingerprint density at radius 2 is 1.94 bits per heavy atom. The fraction of sp³-hybridized carbons (Fsp3) is 0.923. The second-order valence-corrected chi connectivity index (χ2v) is 5.43. The first-order valence-corrected chi connectivity index (χ1v) is 6.85. The molecule has 1 aliphatic heterocycles. The molecule has 100 valence electrons. The number of nitrogens with two attached hydrogens (primary N) is 1. The van der Waals surface area contributed by atoms with Crippen molar-refractivity contribution >= 4 is 5.91 Å². The van der Waals surface area contributed by atoms with Crippen molar-refractivity contribution in [3.63, 3.8) is 0 Å². The molecule has 0 bridgehead atoms. The van der Waals surface area contributed by atoms with Gasteiger partial charge in [0, 0.05) is 13.1 Å². The van der Waals surface area contributed by atoms with Crippen LogP contribution in [0.25, 0.3) is 0 Å². The number of rotatable bonds is 6. The standard InChI is InChI=1S/C13H27N3O/c1-11(2)10-12(14)13(17)15-6-9-16-7-4-3-5-8-16/h11-12H,3-10,14H2,1-2H3,(H,15,17)/t12-/m1/s1. The number of carbonyl (C=O) groups excluding carboxylic acids is 1. The zero-order chi connectivity index (χ0) is 12.7. The summed E-state index contributed by atoms with van der Waals surface area (Å²) in [7, 11) is 0. The van der Waals surface area contributed by atoms with Gasteiger partial charge in [0.2, 0.25) is 5.91 Å². The minimum Gasteiger partial charge on any atom is -0.353 e. The van der Waals surface area contributed by atoms with Crippen molar-refractivity contribution in [3.05, 3.63) is 0 Å². The molecule has 0 spiro atoms. The Labute approximate surface area is 105 Å². The van der Waals surface area contributed by atoms with Crippen LogP contribution in [0, 0.1) is 5.92 Å². The van der Waals surface area contributed by atoms with E-state index < -0.39 is 0 Å². The van der Waals surface area contributed by atoms with Gasteiger partial charge in [0.25, 0.3) is 0 Å². The number of piperidine rings is 1. The highest BCUT2D eigenvalue weighted by molar-refractivity contribution is 5.81. The third-order valence-electron chi connectivity index (χ3n) is 3.24. The van der Waals surface area contributed by atoms with E-state index in [4.69, 9.17) is 5.73 Å². The van der Waals surface area contributed by atoms with E-state index in [9.17, 15) is 4.79 Å². The lowest BCUT2D eigenvalue weighted by molar-refractivity contribution is -0.122. The summed E-state index contributed by atoms with van der Waals surface area (Å²) >= 11 is 0. The van der Waals surface area contributed by atoms with Gasteiger partial charge in [-0.15, -0.1) is 0 Å². The van der Waals surface area contributed by atoms with Crippen LogP contribution in [0.1, 0.15) is 39.5 Å². The molecule has 0 aromatic heterocycles. The van der Waals surface area contributed by atoms with Crippen LogP contribution in [-0.4, -0.2) is 43.0 Å². The van der Waals surface area contributed by atoms with Gasteiger partial charge in [-0.25, -0.2) is 0 Å². The molecule has 1 amide bonds. The van der Waals surface area contributed by atoms with E-state index in [1.54, 1.807) is 0 Å². The molecule has 1 aliphatic rings. The fourth-order valence-corrected chi connectivity index (χ4v) is 2.27.